The number of aliphatic hydroxyl groups is 1. The molecule has 0 aliphatic rings. The summed E-state index contributed by atoms with van der Waals surface area (Å²) >= 11 is 10.4. The van der Waals surface area contributed by atoms with Crippen LogP contribution in [0.15, 0.2) is 103 Å². The van der Waals surface area contributed by atoms with Crippen LogP contribution in [0.1, 0.15) is 28.2 Å². The van der Waals surface area contributed by atoms with E-state index in [2.05, 4.69) is 26.2 Å². The van der Waals surface area contributed by atoms with Gasteiger partial charge in [0.05, 0.1) is 11.6 Å². The summed E-state index contributed by atoms with van der Waals surface area (Å²) in [6, 6.07) is 22.0. The van der Waals surface area contributed by atoms with Crippen LogP contribution in [-0.4, -0.2) is 28.7 Å². The number of nitrogens with one attached hydrogen (secondary N) is 1. The van der Waals surface area contributed by atoms with Crippen molar-refractivity contribution in [3.63, 3.8) is 0 Å². The van der Waals surface area contributed by atoms with Gasteiger partial charge in [0, 0.05) is 46.2 Å². The second-order valence-corrected chi connectivity index (χ2v) is 11.3. The number of halogens is 2. The standard InChI is InChI=1S/C34H30BrClN2O8/c1-21-31(46-34(41)45-21)20-44-33(40)28(17-39)38-16-25-13-27(36)30(14-29(25)42-18-22-7-6-12-37-15-22)43-19-24-10-5-11-26(32(24)35)23-8-3-2-4-9-23/h2-15,28,38-39H,16-20H2,1H3. The van der Waals surface area contributed by atoms with Crippen molar-refractivity contribution in [1.29, 1.82) is 0 Å². The Bertz CT molecular complexity index is 1830. The van der Waals surface area contributed by atoms with Crippen LogP contribution in [-0.2, 0) is 35.9 Å². The Hall–Kier alpha value is -4.42. The van der Waals surface area contributed by atoms with Gasteiger partial charge in [-0.1, -0.05) is 66.2 Å². The third kappa shape index (κ3) is 8.43. The highest BCUT2D eigenvalue weighted by atomic mass is 79.9. The normalized spacial score (nSPS) is 11.7. The minimum absolute atomic E-state index is 0.0855. The molecule has 0 saturated carbocycles. The summed E-state index contributed by atoms with van der Waals surface area (Å²) < 4.78 is 28.1. The number of aliphatic hydroxyl groups excluding tert-OH is 1. The Balaban J connectivity index is 1.31. The fourth-order valence-corrected chi connectivity index (χ4v) is 5.34. The van der Waals surface area contributed by atoms with Crippen LogP contribution in [0.3, 0.4) is 0 Å². The molecule has 10 nitrogen and oxygen atoms in total. The molecule has 0 bridgehead atoms. The predicted molar refractivity (Wildman–Crippen MR) is 173 cm³/mol. The van der Waals surface area contributed by atoms with Crippen molar-refractivity contribution >= 4 is 33.5 Å². The number of aryl methyl sites for hydroxylation is 1. The van der Waals surface area contributed by atoms with Crippen LogP contribution in [0.4, 0.5) is 0 Å². The molecule has 2 heterocycles. The number of nitrogens with zero attached hydrogens (tertiary/aromatic N) is 1. The molecule has 0 radical (unpaired) electrons. The van der Waals surface area contributed by atoms with Crippen LogP contribution in [0.2, 0.25) is 5.02 Å². The molecule has 238 valence electrons. The van der Waals surface area contributed by atoms with E-state index in [1.807, 2.05) is 60.7 Å². The largest absolute Gasteiger partial charge is 0.519 e. The maximum Gasteiger partial charge on any atom is 0.519 e. The van der Waals surface area contributed by atoms with Gasteiger partial charge in [0.25, 0.3) is 0 Å². The number of hydrogen-bond acceptors (Lipinski definition) is 10. The Morgan fingerprint density at radius 3 is 2.50 bits per heavy atom. The second-order valence-electron chi connectivity index (χ2n) is 10.1. The summed E-state index contributed by atoms with van der Waals surface area (Å²) in [7, 11) is 0. The van der Waals surface area contributed by atoms with E-state index >= 15 is 0 Å². The first-order chi connectivity index (χ1) is 22.3. The summed E-state index contributed by atoms with van der Waals surface area (Å²) in [4.78, 5) is 28.1. The number of esters is 1. The lowest BCUT2D eigenvalue weighted by atomic mass is 10.0. The highest BCUT2D eigenvalue weighted by Gasteiger charge is 2.22. The summed E-state index contributed by atoms with van der Waals surface area (Å²) in [5.74, 6) is -0.501. The summed E-state index contributed by atoms with van der Waals surface area (Å²) in [5.41, 5.74) is 4.49. The Kier molecular flexibility index (Phi) is 11.3. The van der Waals surface area contributed by atoms with Crippen LogP contribution in [0.5, 0.6) is 11.5 Å². The summed E-state index contributed by atoms with van der Waals surface area (Å²) in [6.45, 7) is 1.18. The fourth-order valence-electron chi connectivity index (χ4n) is 4.49. The zero-order valence-electron chi connectivity index (χ0n) is 24.7. The molecule has 0 fully saturated rings. The van der Waals surface area contributed by atoms with Gasteiger partial charge in [0.15, 0.2) is 18.1 Å². The third-order valence-electron chi connectivity index (χ3n) is 6.97. The number of rotatable bonds is 14. The highest BCUT2D eigenvalue weighted by Crippen LogP contribution is 2.36. The van der Waals surface area contributed by atoms with E-state index in [9.17, 15) is 14.7 Å². The first kappa shape index (κ1) is 33.0. The molecule has 1 atom stereocenters. The van der Waals surface area contributed by atoms with Crippen molar-refractivity contribution in [1.82, 2.24) is 10.3 Å². The van der Waals surface area contributed by atoms with E-state index in [0.29, 0.717) is 22.1 Å². The van der Waals surface area contributed by atoms with E-state index in [4.69, 9.17) is 34.6 Å². The molecule has 2 aromatic heterocycles. The smallest absolute Gasteiger partial charge is 0.488 e. The van der Waals surface area contributed by atoms with Crippen LogP contribution >= 0.6 is 27.5 Å². The van der Waals surface area contributed by atoms with Crippen molar-refractivity contribution < 1.29 is 32.9 Å². The molecule has 0 amide bonds. The van der Waals surface area contributed by atoms with E-state index < -0.39 is 24.4 Å². The molecule has 3 aromatic carbocycles. The van der Waals surface area contributed by atoms with Gasteiger partial charge in [-0.15, -0.1) is 0 Å². The number of hydrogen-bond donors (Lipinski definition) is 2. The molecule has 0 aliphatic heterocycles. The monoisotopic (exact) mass is 708 g/mol. The maximum atomic E-state index is 12.7. The first-order valence-corrected chi connectivity index (χ1v) is 15.4. The molecule has 46 heavy (non-hydrogen) atoms. The van der Waals surface area contributed by atoms with Crippen molar-refractivity contribution in [3.8, 4) is 22.6 Å². The summed E-state index contributed by atoms with van der Waals surface area (Å²) in [5, 5.41) is 13.2. The van der Waals surface area contributed by atoms with Crippen LogP contribution in [0, 0.1) is 6.92 Å². The van der Waals surface area contributed by atoms with Crippen molar-refractivity contribution in [2.75, 3.05) is 6.61 Å². The summed E-state index contributed by atoms with van der Waals surface area (Å²) in [6.07, 6.45) is 3.37. The number of aromatic nitrogens is 1. The van der Waals surface area contributed by atoms with E-state index in [0.717, 1.165) is 26.7 Å². The van der Waals surface area contributed by atoms with Crippen LogP contribution < -0.4 is 20.6 Å². The predicted octanol–water partition coefficient (Wildman–Crippen LogP) is 6.37. The van der Waals surface area contributed by atoms with E-state index in [-0.39, 0.29) is 37.9 Å². The topological polar surface area (TPSA) is 133 Å². The van der Waals surface area contributed by atoms with Gasteiger partial charge in [-0.2, -0.15) is 0 Å². The molecular weight excluding hydrogens is 680 g/mol. The van der Waals surface area contributed by atoms with Gasteiger partial charge >= 0.3 is 11.8 Å². The number of ether oxygens (including phenoxy) is 3. The van der Waals surface area contributed by atoms with Gasteiger partial charge in [0.1, 0.15) is 30.8 Å². The quantitative estimate of drug-likeness (QED) is 0.125. The van der Waals surface area contributed by atoms with Gasteiger partial charge in [-0.25, -0.2) is 4.79 Å². The number of carbonyl (C=O) groups is 1. The molecular formula is C34H30BrClN2O8. The molecule has 0 saturated heterocycles. The molecule has 1 unspecified atom stereocenters. The lowest BCUT2D eigenvalue weighted by Gasteiger charge is -2.19. The zero-order valence-corrected chi connectivity index (χ0v) is 27.0. The minimum Gasteiger partial charge on any atom is -0.488 e. The number of pyridine rings is 1. The van der Waals surface area contributed by atoms with Gasteiger partial charge in [-0.3, -0.25) is 15.1 Å². The average Bonchev–Trinajstić information content (AvgIpc) is 3.40. The fraction of sp³-hybridized carbons (Fsp3) is 0.206. The SMILES string of the molecule is Cc1oc(=O)oc1COC(=O)C(CO)NCc1cc(Cl)c(OCc2cccc(-c3ccccc3)c2Br)cc1OCc1cccnc1. The molecule has 12 heteroatoms. The maximum absolute atomic E-state index is 12.7. The average molecular weight is 710 g/mol. The van der Waals surface area contributed by atoms with Crippen molar-refractivity contribution in [2.24, 2.45) is 0 Å². The second kappa shape index (κ2) is 15.7. The zero-order chi connectivity index (χ0) is 32.5. The van der Waals surface area contributed by atoms with Crippen LogP contribution in [0.25, 0.3) is 11.1 Å². The third-order valence-corrected chi connectivity index (χ3v) is 8.20. The van der Waals surface area contributed by atoms with Gasteiger partial charge in [0.2, 0.25) is 0 Å². The molecule has 5 aromatic rings. The Morgan fingerprint density at radius 2 is 1.78 bits per heavy atom. The lowest BCUT2D eigenvalue weighted by molar-refractivity contribution is -0.149. The van der Waals surface area contributed by atoms with Gasteiger partial charge in [-0.05, 0) is 46.1 Å². The Morgan fingerprint density at radius 1 is 0.978 bits per heavy atom. The molecule has 0 aliphatic carbocycles. The van der Waals surface area contributed by atoms with Gasteiger partial charge < -0.3 is 28.2 Å². The number of carbonyl (C=O) groups excluding carboxylic acids is 1. The minimum atomic E-state index is -1.09. The van der Waals surface area contributed by atoms with Crippen molar-refractivity contribution in [2.45, 2.75) is 39.3 Å². The Labute approximate surface area is 278 Å². The van der Waals surface area contributed by atoms with E-state index in [1.54, 1.807) is 24.5 Å². The molecule has 0 spiro atoms. The number of benzene rings is 3. The highest BCUT2D eigenvalue weighted by molar-refractivity contribution is 9.10. The molecule has 2 N–H and O–H groups in total. The first-order valence-electron chi connectivity index (χ1n) is 14.2. The molecule has 5 rings (SSSR count). The van der Waals surface area contributed by atoms with Crippen molar-refractivity contribution in [3.05, 3.63) is 134 Å². The lowest BCUT2D eigenvalue weighted by Crippen LogP contribution is -2.40. The van der Waals surface area contributed by atoms with E-state index in [1.165, 1.54) is 6.92 Å².